The lowest BCUT2D eigenvalue weighted by Crippen LogP contribution is -2.32. The second kappa shape index (κ2) is 5.83. The second-order valence-corrected chi connectivity index (χ2v) is 5.96. The summed E-state index contributed by atoms with van der Waals surface area (Å²) in [6, 6.07) is 9.11. The maximum atomic E-state index is 11.8. The highest BCUT2D eigenvalue weighted by Crippen LogP contribution is 2.26. The number of rotatable bonds is 3. The van der Waals surface area contributed by atoms with Crippen LogP contribution in [0, 0.1) is 0 Å². The van der Waals surface area contributed by atoms with Gasteiger partial charge in [-0.2, -0.15) is 0 Å². The molecule has 1 aliphatic heterocycles. The van der Waals surface area contributed by atoms with E-state index in [1.165, 1.54) is 0 Å². The van der Waals surface area contributed by atoms with Gasteiger partial charge in [-0.25, -0.2) is 0 Å². The van der Waals surface area contributed by atoms with Gasteiger partial charge in [0.1, 0.15) is 0 Å². The molecule has 0 aromatic heterocycles. The van der Waals surface area contributed by atoms with E-state index >= 15 is 0 Å². The molecule has 0 atom stereocenters. The Balaban J connectivity index is 1.66. The molecule has 2 fully saturated rings. The minimum absolute atomic E-state index is 0.241. The minimum atomic E-state index is 0.241. The predicted octanol–water partition coefficient (Wildman–Crippen LogP) is 2.50. The monoisotopic (exact) mass is 273 g/mol. The number of benzene rings is 1. The van der Waals surface area contributed by atoms with Crippen LogP contribution in [-0.4, -0.2) is 24.5 Å². The van der Waals surface area contributed by atoms with Crippen molar-refractivity contribution in [2.75, 3.05) is 16.8 Å². The summed E-state index contributed by atoms with van der Waals surface area (Å²) in [6.07, 6.45) is 6.11. The van der Waals surface area contributed by atoms with Gasteiger partial charge in [0, 0.05) is 36.4 Å². The first-order valence-corrected chi connectivity index (χ1v) is 7.65. The van der Waals surface area contributed by atoms with Crippen molar-refractivity contribution in [3.05, 3.63) is 24.3 Å². The van der Waals surface area contributed by atoms with E-state index in [0.717, 1.165) is 50.0 Å². The fourth-order valence-corrected chi connectivity index (χ4v) is 3.18. The van der Waals surface area contributed by atoms with E-state index in [1.54, 1.807) is 0 Å². The lowest BCUT2D eigenvalue weighted by atomic mass is 9.91. The fourth-order valence-electron chi connectivity index (χ4n) is 3.18. The topological polar surface area (TPSA) is 58.4 Å². The van der Waals surface area contributed by atoms with Crippen LogP contribution >= 0.6 is 0 Å². The van der Waals surface area contributed by atoms with E-state index in [0.29, 0.717) is 18.5 Å². The van der Waals surface area contributed by atoms with Crippen LogP contribution in [0.3, 0.4) is 0 Å². The second-order valence-electron chi connectivity index (χ2n) is 5.96. The van der Waals surface area contributed by atoms with Crippen molar-refractivity contribution in [1.29, 1.82) is 0 Å². The number of anilines is 2. The Kier molecular flexibility index (Phi) is 3.92. The van der Waals surface area contributed by atoms with E-state index < -0.39 is 0 Å². The average Bonchev–Trinajstić information content (AvgIpc) is 2.88. The van der Waals surface area contributed by atoms with Gasteiger partial charge in [-0.05, 0) is 50.3 Å². The Hall–Kier alpha value is -1.55. The summed E-state index contributed by atoms with van der Waals surface area (Å²) < 4.78 is 0. The van der Waals surface area contributed by atoms with Crippen molar-refractivity contribution in [2.45, 2.75) is 50.6 Å². The molecule has 1 aliphatic carbocycles. The third kappa shape index (κ3) is 2.96. The van der Waals surface area contributed by atoms with Crippen molar-refractivity contribution in [3.63, 3.8) is 0 Å². The SMILES string of the molecule is NC1CCC(Nc2cccc(N3CCCC3=O)c2)CC1. The summed E-state index contributed by atoms with van der Waals surface area (Å²) in [5, 5.41) is 3.59. The number of nitrogens with zero attached hydrogens (tertiary/aromatic N) is 1. The van der Waals surface area contributed by atoms with Crippen LogP contribution in [0.5, 0.6) is 0 Å². The van der Waals surface area contributed by atoms with Gasteiger partial charge in [-0.1, -0.05) is 6.07 Å². The molecule has 0 bridgehead atoms. The van der Waals surface area contributed by atoms with Crippen molar-refractivity contribution in [3.8, 4) is 0 Å². The van der Waals surface area contributed by atoms with E-state index in [4.69, 9.17) is 5.73 Å². The van der Waals surface area contributed by atoms with Gasteiger partial charge >= 0.3 is 0 Å². The van der Waals surface area contributed by atoms with E-state index in [-0.39, 0.29) is 5.91 Å². The molecule has 1 heterocycles. The number of carbonyl (C=O) groups is 1. The fraction of sp³-hybridized carbons (Fsp3) is 0.562. The molecule has 4 heteroatoms. The largest absolute Gasteiger partial charge is 0.382 e. The van der Waals surface area contributed by atoms with E-state index in [1.807, 2.05) is 17.0 Å². The molecule has 0 unspecified atom stereocenters. The highest BCUT2D eigenvalue weighted by atomic mass is 16.2. The molecular formula is C16H23N3O. The van der Waals surface area contributed by atoms with Crippen molar-refractivity contribution >= 4 is 17.3 Å². The predicted molar refractivity (Wildman–Crippen MR) is 81.9 cm³/mol. The third-order valence-corrected chi connectivity index (χ3v) is 4.37. The number of nitrogens with one attached hydrogen (secondary N) is 1. The number of nitrogens with two attached hydrogens (primary N) is 1. The summed E-state index contributed by atoms with van der Waals surface area (Å²) in [4.78, 5) is 13.7. The molecule has 2 aliphatic rings. The molecule has 0 radical (unpaired) electrons. The van der Waals surface area contributed by atoms with Gasteiger partial charge in [0.05, 0.1) is 0 Å². The Morgan fingerprint density at radius 2 is 2.00 bits per heavy atom. The zero-order valence-electron chi connectivity index (χ0n) is 11.8. The van der Waals surface area contributed by atoms with Crippen molar-refractivity contribution < 1.29 is 4.79 Å². The van der Waals surface area contributed by atoms with Crippen LogP contribution in [0.25, 0.3) is 0 Å². The van der Waals surface area contributed by atoms with Crippen molar-refractivity contribution in [1.82, 2.24) is 0 Å². The average molecular weight is 273 g/mol. The summed E-state index contributed by atoms with van der Waals surface area (Å²) in [5.41, 5.74) is 8.07. The first-order valence-electron chi connectivity index (χ1n) is 7.65. The number of hydrogen-bond donors (Lipinski definition) is 2. The maximum Gasteiger partial charge on any atom is 0.227 e. The van der Waals surface area contributed by atoms with Gasteiger partial charge in [0.2, 0.25) is 5.91 Å². The van der Waals surface area contributed by atoms with Crippen LogP contribution in [0.15, 0.2) is 24.3 Å². The Morgan fingerprint density at radius 1 is 1.20 bits per heavy atom. The summed E-state index contributed by atoms with van der Waals surface area (Å²) >= 11 is 0. The molecule has 1 aromatic rings. The molecule has 3 rings (SSSR count). The zero-order valence-corrected chi connectivity index (χ0v) is 11.8. The van der Waals surface area contributed by atoms with Crippen LogP contribution in [0.2, 0.25) is 0 Å². The van der Waals surface area contributed by atoms with Gasteiger partial charge in [0.25, 0.3) is 0 Å². The number of amides is 1. The third-order valence-electron chi connectivity index (χ3n) is 4.37. The quantitative estimate of drug-likeness (QED) is 0.889. The summed E-state index contributed by atoms with van der Waals surface area (Å²) in [7, 11) is 0. The summed E-state index contributed by atoms with van der Waals surface area (Å²) in [5.74, 6) is 0.241. The lowest BCUT2D eigenvalue weighted by Gasteiger charge is -2.28. The highest BCUT2D eigenvalue weighted by molar-refractivity contribution is 5.95. The normalized spacial score (nSPS) is 26.9. The molecule has 0 spiro atoms. The molecule has 4 nitrogen and oxygen atoms in total. The zero-order chi connectivity index (χ0) is 13.9. The summed E-state index contributed by atoms with van der Waals surface area (Å²) in [6.45, 7) is 0.848. The standard InChI is InChI=1S/C16H23N3O/c17-12-6-8-13(9-7-12)18-14-3-1-4-15(11-14)19-10-2-5-16(19)20/h1,3-4,11-13,18H,2,5-10,17H2. The smallest absolute Gasteiger partial charge is 0.227 e. The van der Waals surface area contributed by atoms with Gasteiger partial charge in [0.15, 0.2) is 0 Å². The Labute approximate surface area is 120 Å². The lowest BCUT2D eigenvalue weighted by molar-refractivity contribution is -0.117. The van der Waals surface area contributed by atoms with Crippen molar-refractivity contribution in [2.24, 2.45) is 5.73 Å². The van der Waals surface area contributed by atoms with Gasteiger partial charge < -0.3 is 16.0 Å². The molecular weight excluding hydrogens is 250 g/mol. The van der Waals surface area contributed by atoms with Crippen LogP contribution in [0.1, 0.15) is 38.5 Å². The minimum Gasteiger partial charge on any atom is -0.382 e. The first-order chi connectivity index (χ1) is 9.72. The Morgan fingerprint density at radius 3 is 2.70 bits per heavy atom. The molecule has 1 saturated heterocycles. The van der Waals surface area contributed by atoms with Crippen LogP contribution in [0.4, 0.5) is 11.4 Å². The van der Waals surface area contributed by atoms with E-state index in [2.05, 4.69) is 17.4 Å². The molecule has 108 valence electrons. The molecule has 1 aromatic carbocycles. The highest BCUT2D eigenvalue weighted by Gasteiger charge is 2.22. The maximum absolute atomic E-state index is 11.8. The molecule has 1 amide bonds. The van der Waals surface area contributed by atoms with Gasteiger partial charge in [-0.3, -0.25) is 4.79 Å². The van der Waals surface area contributed by atoms with Crippen LogP contribution in [-0.2, 0) is 4.79 Å². The number of hydrogen-bond acceptors (Lipinski definition) is 3. The van der Waals surface area contributed by atoms with E-state index in [9.17, 15) is 4.79 Å². The first kappa shape index (κ1) is 13.4. The number of carbonyl (C=O) groups excluding carboxylic acids is 1. The molecule has 3 N–H and O–H groups in total. The molecule has 20 heavy (non-hydrogen) atoms. The van der Waals surface area contributed by atoms with Crippen LogP contribution < -0.4 is 16.0 Å². The van der Waals surface area contributed by atoms with Gasteiger partial charge in [-0.15, -0.1) is 0 Å². The molecule has 1 saturated carbocycles. The Bertz CT molecular complexity index is 480.